The van der Waals surface area contributed by atoms with E-state index in [0.717, 1.165) is 11.1 Å². The van der Waals surface area contributed by atoms with Crippen LogP contribution in [0.15, 0.2) is 72.8 Å². The molecule has 1 amide bonds. The lowest BCUT2D eigenvalue weighted by molar-refractivity contribution is -0.116. The number of hydrogen-bond donors (Lipinski definition) is 1. The fourth-order valence-electron chi connectivity index (χ4n) is 3.18. The van der Waals surface area contributed by atoms with Gasteiger partial charge in [0.05, 0.1) is 30.3 Å². The van der Waals surface area contributed by atoms with E-state index in [0.29, 0.717) is 5.69 Å². The summed E-state index contributed by atoms with van der Waals surface area (Å²) in [6.07, 6.45) is 0. The highest BCUT2D eigenvalue weighted by Crippen LogP contribution is 2.33. The molecule has 0 heterocycles. The Morgan fingerprint density at radius 1 is 0.967 bits per heavy atom. The van der Waals surface area contributed by atoms with Gasteiger partial charge >= 0.3 is 5.97 Å². The van der Waals surface area contributed by atoms with E-state index in [2.05, 4.69) is 5.32 Å². The van der Waals surface area contributed by atoms with Crippen LogP contribution in [0.25, 0.3) is 0 Å². The predicted octanol–water partition coefficient (Wildman–Crippen LogP) is 5.30. The van der Waals surface area contributed by atoms with Crippen molar-refractivity contribution in [2.45, 2.75) is 12.8 Å². The van der Waals surface area contributed by atoms with Crippen LogP contribution in [0, 0.1) is 0 Å². The van der Waals surface area contributed by atoms with E-state index in [1.165, 1.54) is 19.2 Å². The van der Waals surface area contributed by atoms with Crippen molar-refractivity contribution < 1.29 is 19.1 Å². The summed E-state index contributed by atoms with van der Waals surface area (Å²) < 4.78 is 10.3. The minimum Gasteiger partial charge on any atom is -0.496 e. The number of amides is 1. The second-order valence-electron chi connectivity index (χ2n) is 6.50. The number of esters is 1. The molecular formula is C24H22ClNO4. The van der Waals surface area contributed by atoms with Gasteiger partial charge in [0.15, 0.2) is 0 Å². The van der Waals surface area contributed by atoms with Crippen LogP contribution in [0.5, 0.6) is 5.75 Å². The van der Waals surface area contributed by atoms with E-state index in [1.807, 2.05) is 60.7 Å². The lowest BCUT2D eigenvalue weighted by Crippen LogP contribution is -2.22. The molecule has 6 heteroatoms. The zero-order valence-corrected chi connectivity index (χ0v) is 17.5. The summed E-state index contributed by atoms with van der Waals surface area (Å²) in [5.74, 6) is -1.05. The van der Waals surface area contributed by atoms with Crippen molar-refractivity contribution in [3.63, 3.8) is 0 Å². The zero-order valence-electron chi connectivity index (χ0n) is 16.7. The third-order valence-corrected chi connectivity index (χ3v) is 4.88. The first-order valence-electron chi connectivity index (χ1n) is 9.50. The lowest BCUT2D eigenvalue weighted by atomic mass is 9.90. The number of methoxy groups -OCH3 is 1. The van der Waals surface area contributed by atoms with Crippen LogP contribution >= 0.6 is 11.6 Å². The van der Waals surface area contributed by atoms with Gasteiger partial charge in [-0.3, -0.25) is 4.79 Å². The van der Waals surface area contributed by atoms with Crippen LogP contribution in [-0.4, -0.2) is 25.6 Å². The third-order valence-electron chi connectivity index (χ3n) is 4.57. The summed E-state index contributed by atoms with van der Waals surface area (Å²) in [4.78, 5) is 25.4. The minimum absolute atomic E-state index is 0.199. The Morgan fingerprint density at radius 2 is 1.53 bits per heavy atom. The van der Waals surface area contributed by atoms with E-state index in [-0.39, 0.29) is 28.8 Å². The van der Waals surface area contributed by atoms with E-state index < -0.39 is 11.9 Å². The molecule has 0 aliphatic rings. The Labute approximate surface area is 180 Å². The molecule has 0 atom stereocenters. The maximum atomic E-state index is 13.3. The molecule has 0 saturated heterocycles. The first-order valence-corrected chi connectivity index (χ1v) is 9.88. The maximum Gasteiger partial charge on any atom is 0.341 e. The summed E-state index contributed by atoms with van der Waals surface area (Å²) in [5.41, 5.74) is 2.26. The quantitative estimate of drug-likeness (QED) is 0.524. The molecule has 0 saturated carbocycles. The lowest BCUT2D eigenvalue weighted by Gasteiger charge is -2.19. The number of rotatable bonds is 7. The highest BCUT2D eigenvalue weighted by Gasteiger charge is 2.24. The second-order valence-corrected chi connectivity index (χ2v) is 6.90. The molecule has 3 aromatic carbocycles. The Kier molecular flexibility index (Phi) is 7.09. The molecule has 0 aliphatic carbocycles. The number of benzene rings is 3. The van der Waals surface area contributed by atoms with Crippen molar-refractivity contribution >= 4 is 29.2 Å². The summed E-state index contributed by atoms with van der Waals surface area (Å²) in [7, 11) is 1.44. The van der Waals surface area contributed by atoms with Crippen LogP contribution in [0.1, 0.15) is 34.3 Å². The molecule has 0 bridgehead atoms. The minimum atomic E-state index is -0.541. The average Bonchev–Trinajstić information content (AvgIpc) is 2.76. The van der Waals surface area contributed by atoms with E-state index >= 15 is 0 Å². The van der Waals surface area contributed by atoms with E-state index in [9.17, 15) is 9.59 Å². The fourth-order valence-corrected chi connectivity index (χ4v) is 3.39. The number of halogens is 1. The molecule has 154 valence electrons. The average molecular weight is 424 g/mol. The van der Waals surface area contributed by atoms with Crippen molar-refractivity contribution in [3.05, 3.63) is 94.5 Å². The molecule has 0 fully saturated rings. The molecule has 30 heavy (non-hydrogen) atoms. The smallest absolute Gasteiger partial charge is 0.341 e. The first kappa shape index (κ1) is 21.4. The van der Waals surface area contributed by atoms with Gasteiger partial charge in [0.25, 0.3) is 0 Å². The molecule has 3 aromatic rings. The predicted molar refractivity (Wildman–Crippen MR) is 117 cm³/mol. The molecule has 0 radical (unpaired) electrons. The molecule has 0 spiro atoms. The Bertz CT molecular complexity index is 983. The van der Waals surface area contributed by atoms with E-state index in [4.69, 9.17) is 21.1 Å². The molecular weight excluding hydrogens is 402 g/mol. The van der Waals surface area contributed by atoms with Gasteiger partial charge in [0.2, 0.25) is 5.91 Å². The molecule has 0 unspecified atom stereocenters. The molecule has 0 aromatic heterocycles. The highest BCUT2D eigenvalue weighted by atomic mass is 35.5. The van der Waals surface area contributed by atoms with Crippen LogP contribution in [0.3, 0.4) is 0 Å². The van der Waals surface area contributed by atoms with Gasteiger partial charge in [0.1, 0.15) is 11.3 Å². The molecule has 5 nitrogen and oxygen atoms in total. The standard InChI is InChI=1S/C24H22ClNO4/c1-3-30-24(28)18-14-19(25)20(15-21(18)29-2)26-23(27)22(16-10-6-4-7-11-16)17-12-8-5-9-13-17/h4-15,22H,3H2,1-2H3,(H,26,27). The number of ether oxygens (including phenoxy) is 2. The van der Waals surface area contributed by atoms with Gasteiger partial charge in [0, 0.05) is 6.07 Å². The fraction of sp³-hybridized carbons (Fsp3) is 0.167. The summed E-state index contributed by atoms with van der Waals surface area (Å²) in [5, 5.41) is 3.09. The van der Waals surface area contributed by atoms with Gasteiger partial charge in [-0.1, -0.05) is 72.3 Å². The van der Waals surface area contributed by atoms with Crippen LogP contribution < -0.4 is 10.1 Å². The topological polar surface area (TPSA) is 64.6 Å². The number of carbonyl (C=O) groups is 2. The molecule has 3 rings (SSSR count). The van der Waals surface area contributed by atoms with Crippen LogP contribution in [-0.2, 0) is 9.53 Å². The van der Waals surface area contributed by atoms with Gasteiger partial charge < -0.3 is 14.8 Å². The Balaban J connectivity index is 1.95. The number of anilines is 1. The maximum absolute atomic E-state index is 13.3. The Morgan fingerprint density at radius 3 is 2.03 bits per heavy atom. The van der Waals surface area contributed by atoms with Crippen molar-refractivity contribution in [2.24, 2.45) is 0 Å². The Hall–Kier alpha value is -3.31. The van der Waals surface area contributed by atoms with Gasteiger partial charge in [-0.25, -0.2) is 4.79 Å². The summed E-state index contributed by atoms with van der Waals surface area (Å²) in [6.45, 7) is 1.95. The third kappa shape index (κ3) is 4.81. The van der Waals surface area contributed by atoms with Crippen molar-refractivity contribution in [1.29, 1.82) is 0 Å². The largest absolute Gasteiger partial charge is 0.496 e. The van der Waals surface area contributed by atoms with Gasteiger partial charge in [-0.05, 0) is 24.1 Å². The van der Waals surface area contributed by atoms with Gasteiger partial charge in [-0.2, -0.15) is 0 Å². The van der Waals surface area contributed by atoms with Crippen LogP contribution in [0.4, 0.5) is 5.69 Å². The van der Waals surface area contributed by atoms with Crippen LogP contribution in [0.2, 0.25) is 5.02 Å². The first-order chi connectivity index (χ1) is 14.5. The number of nitrogens with one attached hydrogen (secondary N) is 1. The van der Waals surface area contributed by atoms with E-state index in [1.54, 1.807) is 6.92 Å². The number of carbonyl (C=O) groups excluding carboxylic acids is 2. The normalized spacial score (nSPS) is 10.5. The SMILES string of the molecule is CCOC(=O)c1cc(Cl)c(NC(=O)C(c2ccccc2)c2ccccc2)cc1OC. The van der Waals surface area contributed by atoms with Crippen molar-refractivity contribution in [3.8, 4) is 5.75 Å². The monoisotopic (exact) mass is 423 g/mol. The van der Waals surface area contributed by atoms with Crippen molar-refractivity contribution in [1.82, 2.24) is 0 Å². The molecule has 1 N–H and O–H groups in total. The summed E-state index contributed by atoms with van der Waals surface area (Å²) >= 11 is 6.37. The molecule has 0 aliphatic heterocycles. The second kappa shape index (κ2) is 9.94. The summed E-state index contributed by atoms with van der Waals surface area (Å²) in [6, 6.07) is 22.0. The van der Waals surface area contributed by atoms with Crippen molar-refractivity contribution in [2.75, 3.05) is 19.0 Å². The van der Waals surface area contributed by atoms with Gasteiger partial charge in [-0.15, -0.1) is 0 Å². The zero-order chi connectivity index (χ0) is 21.5. The number of hydrogen-bond acceptors (Lipinski definition) is 4. The highest BCUT2D eigenvalue weighted by molar-refractivity contribution is 6.34.